The van der Waals surface area contributed by atoms with Crippen molar-refractivity contribution in [3.63, 3.8) is 0 Å². The van der Waals surface area contributed by atoms with Gasteiger partial charge in [-0.15, -0.1) is 0 Å². The highest BCUT2D eigenvalue weighted by atomic mass is 16.3. The summed E-state index contributed by atoms with van der Waals surface area (Å²) in [6.07, 6.45) is 3.04. The summed E-state index contributed by atoms with van der Waals surface area (Å²) in [7, 11) is 0. The maximum absolute atomic E-state index is 12.0. The minimum Gasteiger partial charge on any atom is -0.396 e. The lowest BCUT2D eigenvalue weighted by Gasteiger charge is -2.20. The fourth-order valence-electron chi connectivity index (χ4n) is 2.18. The molecule has 3 heteroatoms. The van der Waals surface area contributed by atoms with Crippen molar-refractivity contribution in [1.82, 2.24) is 5.32 Å². The fourth-order valence-corrected chi connectivity index (χ4v) is 2.18. The highest BCUT2D eigenvalue weighted by Gasteiger charge is 2.15. The minimum absolute atomic E-state index is 0.0663. The van der Waals surface area contributed by atoms with Crippen molar-refractivity contribution in [2.24, 2.45) is 5.41 Å². The summed E-state index contributed by atoms with van der Waals surface area (Å²) in [4.78, 5) is 12.0. The van der Waals surface area contributed by atoms with Crippen molar-refractivity contribution in [2.75, 3.05) is 6.61 Å². The van der Waals surface area contributed by atoms with E-state index in [1.54, 1.807) is 0 Å². The number of carbonyl (C=O) groups is 1. The Balaban J connectivity index is 2.48. The van der Waals surface area contributed by atoms with Crippen LogP contribution in [0.4, 0.5) is 0 Å². The van der Waals surface area contributed by atoms with Gasteiger partial charge in [0.1, 0.15) is 0 Å². The second-order valence-corrected chi connectivity index (χ2v) is 6.46. The number of amides is 1. The molecular formula is C17H27NO2. The summed E-state index contributed by atoms with van der Waals surface area (Å²) in [5.74, 6) is 0.0663. The number of aliphatic hydroxyl groups excluding tert-OH is 1. The van der Waals surface area contributed by atoms with Crippen LogP contribution in [-0.2, 0) is 4.79 Å². The summed E-state index contributed by atoms with van der Waals surface area (Å²) < 4.78 is 0. The molecule has 0 saturated carbocycles. The Morgan fingerprint density at radius 2 is 1.90 bits per heavy atom. The van der Waals surface area contributed by atoms with Gasteiger partial charge in [0.25, 0.3) is 0 Å². The first-order valence-electron chi connectivity index (χ1n) is 7.37. The topological polar surface area (TPSA) is 49.3 Å². The molecule has 0 aliphatic rings. The molecule has 1 unspecified atom stereocenters. The van der Waals surface area contributed by atoms with E-state index in [0.717, 1.165) is 18.4 Å². The van der Waals surface area contributed by atoms with Gasteiger partial charge in [-0.3, -0.25) is 4.79 Å². The third-order valence-corrected chi connectivity index (χ3v) is 3.29. The van der Waals surface area contributed by atoms with Gasteiger partial charge in [-0.2, -0.15) is 0 Å². The van der Waals surface area contributed by atoms with Gasteiger partial charge in [-0.25, -0.2) is 0 Å². The monoisotopic (exact) mass is 277 g/mol. The summed E-state index contributed by atoms with van der Waals surface area (Å²) in [6.45, 7) is 6.62. The maximum Gasteiger partial charge on any atom is 0.220 e. The number of benzene rings is 1. The van der Waals surface area contributed by atoms with Crippen LogP contribution in [0.15, 0.2) is 30.3 Å². The summed E-state index contributed by atoms with van der Waals surface area (Å²) in [5, 5.41) is 12.2. The average molecular weight is 277 g/mol. The summed E-state index contributed by atoms with van der Waals surface area (Å²) in [6, 6.07) is 9.72. The smallest absolute Gasteiger partial charge is 0.220 e. The van der Waals surface area contributed by atoms with Crippen LogP contribution in [0.3, 0.4) is 0 Å². The number of hydrogen-bond acceptors (Lipinski definition) is 2. The van der Waals surface area contributed by atoms with Crippen molar-refractivity contribution in [2.45, 2.75) is 52.5 Å². The average Bonchev–Trinajstić information content (AvgIpc) is 2.38. The molecule has 1 aromatic rings. The highest BCUT2D eigenvalue weighted by Crippen LogP contribution is 2.22. The van der Waals surface area contributed by atoms with Crippen LogP contribution >= 0.6 is 0 Å². The van der Waals surface area contributed by atoms with Gasteiger partial charge in [-0.1, -0.05) is 51.1 Å². The maximum atomic E-state index is 12.0. The zero-order chi connectivity index (χ0) is 15.0. The minimum atomic E-state index is -0.0941. The zero-order valence-corrected chi connectivity index (χ0v) is 12.9. The molecule has 20 heavy (non-hydrogen) atoms. The molecule has 0 aliphatic carbocycles. The van der Waals surface area contributed by atoms with E-state index in [0.29, 0.717) is 12.8 Å². The standard InChI is InChI=1S/C17H27NO2/c1-17(2,3)12-7-10-16(20)18-15(11-13-19)14-8-5-4-6-9-14/h4-6,8-9,15,19H,7,10-13H2,1-3H3,(H,18,20). The first-order valence-corrected chi connectivity index (χ1v) is 7.37. The van der Waals surface area contributed by atoms with E-state index in [4.69, 9.17) is 5.11 Å². The van der Waals surface area contributed by atoms with Crippen LogP contribution in [-0.4, -0.2) is 17.6 Å². The Morgan fingerprint density at radius 3 is 2.45 bits per heavy atom. The zero-order valence-electron chi connectivity index (χ0n) is 12.9. The Labute approximate surface area is 122 Å². The molecule has 0 aliphatic heterocycles. The lowest BCUT2D eigenvalue weighted by atomic mass is 9.90. The van der Waals surface area contributed by atoms with Crippen molar-refractivity contribution in [3.8, 4) is 0 Å². The quantitative estimate of drug-likeness (QED) is 0.802. The van der Waals surface area contributed by atoms with E-state index in [1.165, 1.54) is 0 Å². The molecule has 0 radical (unpaired) electrons. The number of aliphatic hydroxyl groups is 1. The van der Waals surface area contributed by atoms with Crippen molar-refractivity contribution >= 4 is 5.91 Å². The largest absolute Gasteiger partial charge is 0.396 e. The molecule has 1 aromatic carbocycles. The van der Waals surface area contributed by atoms with Gasteiger partial charge in [-0.05, 0) is 30.2 Å². The lowest BCUT2D eigenvalue weighted by Crippen LogP contribution is -2.29. The van der Waals surface area contributed by atoms with Gasteiger partial charge >= 0.3 is 0 Å². The third-order valence-electron chi connectivity index (χ3n) is 3.29. The van der Waals surface area contributed by atoms with Gasteiger partial charge in [0, 0.05) is 13.0 Å². The van der Waals surface area contributed by atoms with Crippen LogP contribution in [0.5, 0.6) is 0 Å². The highest BCUT2D eigenvalue weighted by molar-refractivity contribution is 5.76. The van der Waals surface area contributed by atoms with E-state index in [-0.39, 0.29) is 24.0 Å². The normalized spacial score (nSPS) is 13.0. The van der Waals surface area contributed by atoms with Gasteiger partial charge in [0.05, 0.1) is 6.04 Å². The molecule has 0 spiro atoms. The molecule has 0 fully saturated rings. The molecule has 0 bridgehead atoms. The summed E-state index contributed by atoms with van der Waals surface area (Å²) in [5.41, 5.74) is 1.32. The number of rotatable bonds is 7. The Hall–Kier alpha value is -1.35. The second kappa shape index (κ2) is 8.05. The van der Waals surface area contributed by atoms with Crippen LogP contribution in [0.2, 0.25) is 0 Å². The van der Waals surface area contributed by atoms with Crippen molar-refractivity contribution in [1.29, 1.82) is 0 Å². The molecule has 1 atom stereocenters. The first kappa shape index (κ1) is 16.7. The van der Waals surface area contributed by atoms with E-state index in [2.05, 4.69) is 26.1 Å². The van der Waals surface area contributed by atoms with Gasteiger partial charge < -0.3 is 10.4 Å². The second-order valence-electron chi connectivity index (χ2n) is 6.46. The molecule has 1 rings (SSSR count). The molecule has 2 N–H and O–H groups in total. The predicted octanol–water partition coefficient (Wildman–Crippen LogP) is 3.44. The third kappa shape index (κ3) is 6.71. The van der Waals surface area contributed by atoms with Gasteiger partial charge in [0.2, 0.25) is 5.91 Å². The summed E-state index contributed by atoms with van der Waals surface area (Å²) >= 11 is 0. The molecule has 3 nitrogen and oxygen atoms in total. The molecule has 0 heterocycles. The van der Waals surface area contributed by atoms with Crippen LogP contribution in [0.25, 0.3) is 0 Å². The van der Waals surface area contributed by atoms with Crippen LogP contribution in [0, 0.1) is 5.41 Å². The van der Waals surface area contributed by atoms with Gasteiger partial charge in [0.15, 0.2) is 0 Å². The first-order chi connectivity index (χ1) is 9.42. The Bertz CT molecular complexity index is 395. The van der Waals surface area contributed by atoms with E-state index in [1.807, 2.05) is 30.3 Å². The van der Waals surface area contributed by atoms with Crippen LogP contribution in [0.1, 0.15) is 58.1 Å². The number of nitrogens with one attached hydrogen (secondary N) is 1. The molecule has 112 valence electrons. The van der Waals surface area contributed by atoms with Crippen LogP contribution < -0.4 is 5.32 Å². The molecule has 0 saturated heterocycles. The Kier molecular flexibility index (Phi) is 6.73. The van der Waals surface area contributed by atoms with E-state index in [9.17, 15) is 4.79 Å². The van der Waals surface area contributed by atoms with Crippen molar-refractivity contribution < 1.29 is 9.90 Å². The lowest BCUT2D eigenvalue weighted by molar-refractivity contribution is -0.122. The Morgan fingerprint density at radius 1 is 1.25 bits per heavy atom. The predicted molar refractivity (Wildman–Crippen MR) is 82.3 cm³/mol. The molecular weight excluding hydrogens is 250 g/mol. The SMILES string of the molecule is CC(C)(C)CCCC(=O)NC(CCO)c1ccccc1. The number of hydrogen-bond donors (Lipinski definition) is 2. The molecule has 0 aromatic heterocycles. The van der Waals surface area contributed by atoms with Crippen molar-refractivity contribution in [3.05, 3.63) is 35.9 Å². The molecule has 1 amide bonds. The van der Waals surface area contributed by atoms with E-state index >= 15 is 0 Å². The number of carbonyl (C=O) groups excluding carboxylic acids is 1. The fraction of sp³-hybridized carbons (Fsp3) is 0.588. The van der Waals surface area contributed by atoms with E-state index < -0.39 is 0 Å².